The van der Waals surface area contributed by atoms with Crippen molar-refractivity contribution in [2.75, 3.05) is 11.5 Å². The lowest BCUT2D eigenvalue weighted by Gasteiger charge is -2.33. The molecule has 2 aromatic carbocycles. The fourth-order valence-electron chi connectivity index (χ4n) is 3.44. The molecule has 0 bridgehead atoms. The number of aromatic nitrogens is 4. The molecule has 0 saturated heterocycles. The number of ether oxygens (including phenoxy) is 1. The summed E-state index contributed by atoms with van der Waals surface area (Å²) in [5.74, 6) is 0.128. The van der Waals surface area contributed by atoms with Crippen molar-refractivity contribution in [2.24, 2.45) is 0 Å². The van der Waals surface area contributed by atoms with Crippen LogP contribution in [0.15, 0.2) is 66.9 Å². The SMILES string of the molecule is C[C@H](OCc1ccccc1)[C@@](O)(Cc1ccccc1)c1cnc2nc(N)nc(N)c2n1. The van der Waals surface area contributed by atoms with E-state index in [9.17, 15) is 5.11 Å². The van der Waals surface area contributed by atoms with Gasteiger partial charge in [-0.15, -0.1) is 0 Å². The number of hydrogen-bond acceptors (Lipinski definition) is 8. The second kappa shape index (κ2) is 8.63. The predicted octanol–water partition coefficient (Wildman–Crippen LogP) is 2.62. The zero-order valence-corrected chi connectivity index (χ0v) is 17.1. The molecule has 0 aliphatic carbocycles. The van der Waals surface area contributed by atoms with Crippen LogP contribution in [0.1, 0.15) is 23.7 Å². The van der Waals surface area contributed by atoms with E-state index in [0.29, 0.717) is 12.3 Å². The van der Waals surface area contributed by atoms with E-state index >= 15 is 0 Å². The van der Waals surface area contributed by atoms with E-state index in [2.05, 4.69) is 19.9 Å². The third-order valence-corrected chi connectivity index (χ3v) is 5.23. The monoisotopic (exact) mass is 416 g/mol. The molecule has 8 nitrogen and oxygen atoms in total. The lowest BCUT2D eigenvalue weighted by Crippen LogP contribution is -2.42. The molecule has 0 unspecified atom stereocenters. The highest BCUT2D eigenvalue weighted by Crippen LogP contribution is 2.32. The maximum absolute atomic E-state index is 11.9. The highest BCUT2D eigenvalue weighted by molar-refractivity contribution is 5.81. The number of nitrogens with zero attached hydrogens (tertiary/aromatic N) is 4. The maximum Gasteiger partial charge on any atom is 0.224 e. The summed E-state index contributed by atoms with van der Waals surface area (Å²) >= 11 is 0. The predicted molar refractivity (Wildman–Crippen MR) is 119 cm³/mol. The van der Waals surface area contributed by atoms with E-state index in [4.69, 9.17) is 16.2 Å². The van der Waals surface area contributed by atoms with Gasteiger partial charge >= 0.3 is 0 Å². The summed E-state index contributed by atoms with van der Waals surface area (Å²) in [6, 6.07) is 19.5. The lowest BCUT2D eigenvalue weighted by molar-refractivity contribution is -0.114. The summed E-state index contributed by atoms with van der Waals surface area (Å²) in [4.78, 5) is 16.9. The highest BCUT2D eigenvalue weighted by Gasteiger charge is 2.39. The van der Waals surface area contributed by atoms with E-state index in [0.717, 1.165) is 11.1 Å². The number of fused-ring (bicyclic) bond motifs is 1. The zero-order valence-electron chi connectivity index (χ0n) is 17.1. The molecule has 0 saturated carbocycles. The molecule has 0 amide bonds. The van der Waals surface area contributed by atoms with E-state index in [-0.39, 0.29) is 29.4 Å². The minimum absolute atomic E-state index is 0.0196. The Morgan fingerprint density at radius 1 is 0.935 bits per heavy atom. The molecular formula is C23H24N6O2. The second-order valence-corrected chi connectivity index (χ2v) is 7.42. The Morgan fingerprint density at radius 2 is 1.58 bits per heavy atom. The van der Waals surface area contributed by atoms with Gasteiger partial charge in [-0.2, -0.15) is 9.97 Å². The van der Waals surface area contributed by atoms with Crippen LogP contribution in [0.3, 0.4) is 0 Å². The van der Waals surface area contributed by atoms with E-state index in [1.165, 1.54) is 6.20 Å². The fourth-order valence-corrected chi connectivity index (χ4v) is 3.44. The molecule has 8 heteroatoms. The normalized spacial score (nSPS) is 14.3. The molecule has 0 aliphatic heterocycles. The third kappa shape index (κ3) is 4.45. The molecule has 0 aliphatic rings. The van der Waals surface area contributed by atoms with Crippen LogP contribution in [0.25, 0.3) is 11.2 Å². The fraction of sp³-hybridized carbons (Fsp3) is 0.217. The van der Waals surface area contributed by atoms with Crippen LogP contribution in [0.2, 0.25) is 0 Å². The van der Waals surface area contributed by atoms with Crippen LogP contribution in [-0.4, -0.2) is 31.1 Å². The van der Waals surface area contributed by atoms with E-state index in [1.807, 2.05) is 67.6 Å². The van der Waals surface area contributed by atoms with Gasteiger partial charge < -0.3 is 21.3 Å². The summed E-state index contributed by atoms with van der Waals surface area (Å²) in [5.41, 5.74) is 13.0. The van der Waals surface area contributed by atoms with Gasteiger partial charge in [-0.25, -0.2) is 9.97 Å². The number of aliphatic hydroxyl groups is 1. The smallest absolute Gasteiger partial charge is 0.224 e. The molecular weight excluding hydrogens is 392 g/mol. The van der Waals surface area contributed by atoms with Crippen molar-refractivity contribution < 1.29 is 9.84 Å². The zero-order chi connectivity index (χ0) is 21.8. The Balaban J connectivity index is 1.71. The molecule has 2 heterocycles. The Hall–Kier alpha value is -3.62. The number of nitrogen functional groups attached to an aromatic ring is 2. The molecule has 4 aromatic rings. The number of hydrogen-bond donors (Lipinski definition) is 3. The average molecular weight is 416 g/mol. The Bertz CT molecular complexity index is 1170. The number of anilines is 2. The largest absolute Gasteiger partial charge is 0.382 e. The summed E-state index contributed by atoms with van der Waals surface area (Å²) in [7, 11) is 0. The first kappa shape index (κ1) is 20.6. The van der Waals surface area contributed by atoms with Crippen molar-refractivity contribution in [3.8, 4) is 0 Å². The van der Waals surface area contributed by atoms with Gasteiger partial charge in [0.1, 0.15) is 5.60 Å². The molecule has 2 aromatic heterocycles. The van der Waals surface area contributed by atoms with E-state index < -0.39 is 11.7 Å². The summed E-state index contributed by atoms with van der Waals surface area (Å²) < 4.78 is 6.08. The van der Waals surface area contributed by atoms with Crippen molar-refractivity contribution in [2.45, 2.75) is 31.7 Å². The van der Waals surface area contributed by atoms with Crippen molar-refractivity contribution in [3.63, 3.8) is 0 Å². The molecule has 158 valence electrons. The highest BCUT2D eigenvalue weighted by atomic mass is 16.5. The van der Waals surface area contributed by atoms with E-state index in [1.54, 1.807) is 0 Å². The van der Waals surface area contributed by atoms with Crippen LogP contribution >= 0.6 is 0 Å². The molecule has 31 heavy (non-hydrogen) atoms. The molecule has 5 N–H and O–H groups in total. The van der Waals surface area contributed by atoms with Gasteiger partial charge in [0.2, 0.25) is 5.95 Å². The molecule has 0 spiro atoms. The second-order valence-electron chi connectivity index (χ2n) is 7.42. The number of benzene rings is 2. The van der Waals surface area contributed by atoms with Gasteiger partial charge in [0.05, 0.1) is 24.6 Å². The Kier molecular flexibility index (Phi) is 5.75. The van der Waals surface area contributed by atoms with Crippen LogP contribution in [0.4, 0.5) is 11.8 Å². The van der Waals surface area contributed by atoms with Gasteiger partial charge in [-0.3, -0.25) is 0 Å². The van der Waals surface area contributed by atoms with Crippen LogP contribution < -0.4 is 11.5 Å². The minimum atomic E-state index is -1.47. The first-order chi connectivity index (χ1) is 15.0. The summed E-state index contributed by atoms with van der Waals surface area (Å²) in [5, 5.41) is 11.9. The third-order valence-electron chi connectivity index (χ3n) is 5.23. The number of rotatable bonds is 7. The Labute approximate surface area is 180 Å². The van der Waals surface area contributed by atoms with Crippen molar-refractivity contribution in [3.05, 3.63) is 83.7 Å². The lowest BCUT2D eigenvalue weighted by atomic mass is 9.86. The molecule has 0 radical (unpaired) electrons. The molecule has 4 rings (SSSR count). The quantitative estimate of drug-likeness (QED) is 0.419. The van der Waals surface area contributed by atoms with Crippen LogP contribution in [-0.2, 0) is 23.4 Å². The first-order valence-corrected chi connectivity index (χ1v) is 9.94. The average Bonchev–Trinajstić information content (AvgIpc) is 2.78. The first-order valence-electron chi connectivity index (χ1n) is 9.94. The minimum Gasteiger partial charge on any atom is -0.382 e. The van der Waals surface area contributed by atoms with Gasteiger partial charge in [0.15, 0.2) is 17.0 Å². The molecule has 2 atom stereocenters. The number of nitrogens with two attached hydrogens (primary N) is 2. The van der Waals surface area contributed by atoms with Crippen LogP contribution in [0, 0.1) is 0 Å². The summed E-state index contributed by atoms with van der Waals surface area (Å²) in [6.45, 7) is 2.17. The van der Waals surface area contributed by atoms with Gasteiger partial charge in [-0.1, -0.05) is 60.7 Å². The van der Waals surface area contributed by atoms with Crippen molar-refractivity contribution >= 4 is 22.9 Å². The standard InChI is InChI=1S/C23H24N6O2/c1-15(31-14-17-10-6-3-7-11-17)23(30,12-16-8-4-2-5-9-16)18-13-26-21-19(27-18)20(24)28-22(25)29-21/h2-11,13,15,30H,12,14H2,1H3,(H4,24,25,26,28,29)/t15-,23-/m0/s1. The Morgan fingerprint density at radius 3 is 2.26 bits per heavy atom. The molecule has 0 fully saturated rings. The maximum atomic E-state index is 11.9. The topological polar surface area (TPSA) is 133 Å². The van der Waals surface area contributed by atoms with Crippen molar-refractivity contribution in [1.82, 2.24) is 19.9 Å². The van der Waals surface area contributed by atoms with Gasteiger partial charge in [-0.05, 0) is 18.1 Å². The van der Waals surface area contributed by atoms with Gasteiger partial charge in [0.25, 0.3) is 0 Å². The van der Waals surface area contributed by atoms with Gasteiger partial charge in [0, 0.05) is 6.42 Å². The van der Waals surface area contributed by atoms with Crippen molar-refractivity contribution in [1.29, 1.82) is 0 Å². The van der Waals surface area contributed by atoms with Crippen LogP contribution in [0.5, 0.6) is 0 Å². The summed E-state index contributed by atoms with van der Waals surface area (Å²) in [6.07, 6.45) is 1.16.